The third kappa shape index (κ3) is 5.26. The number of hydrogen-bond donors (Lipinski definition) is 2. The van der Waals surface area contributed by atoms with Gasteiger partial charge in [0.2, 0.25) is 10.0 Å². The van der Waals surface area contributed by atoms with Crippen LogP contribution >= 0.6 is 0 Å². The largest absolute Gasteiger partial charge is 0.450 e. The van der Waals surface area contributed by atoms with Crippen LogP contribution < -0.4 is 10.0 Å². The van der Waals surface area contributed by atoms with Gasteiger partial charge < -0.3 is 15.0 Å². The summed E-state index contributed by atoms with van der Waals surface area (Å²) in [6.45, 7) is 5.04. The van der Waals surface area contributed by atoms with Gasteiger partial charge >= 0.3 is 6.09 Å². The van der Waals surface area contributed by atoms with Crippen LogP contribution in [0.5, 0.6) is 0 Å². The molecule has 0 bridgehead atoms. The number of carbonyl (C=O) groups is 1. The molecular weight excluding hydrogens is 332 g/mol. The van der Waals surface area contributed by atoms with Crippen molar-refractivity contribution in [3.8, 4) is 0 Å². The van der Waals surface area contributed by atoms with Gasteiger partial charge in [0.05, 0.1) is 24.2 Å². The highest BCUT2D eigenvalue weighted by molar-refractivity contribution is 7.92. The van der Waals surface area contributed by atoms with Gasteiger partial charge in [-0.05, 0) is 38.8 Å². The number of nitrogens with one attached hydrogen (secondary N) is 2. The predicted molar refractivity (Wildman–Crippen MR) is 92.6 cm³/mol. The van der Waals surface area contributed by atoms with Gasteiger partial charge in [-0.15, -0.1) is 0 Å². The number of hydrogen-bond acceptors (Lipinski definition) is 6. The summed E-state index contributed by atoms with van der Waals surface area (Å²) in [6, 6.07) is 3.64. The maximum absolute atomic E-state index is 11.7. The Bertz CT molecular complexity index is 640. The number of piperidine rings is 1. The van der Waals surface area contributed by atoms with Gasteiger partial charge in [0.1, 0.15) is 5.82 Å². The first-order valence-corrected chi connectivity index (χ1v) is 9.73. The standard InChI is InChI=1S/C15H24N4O4S/c1-3-23-15(20)19-9-7-12(8-10-19)17-14-6-5-13(11-16-14)18-24(21,22)4-2/h5-6,11-12,18H,3-4,7-10H2,1-2H3,(H,16,17). The molecule has 0 atom stereocenters. The molecule has 2 heterocycles. The number of nitrogens with zero attached hydrogens (tertiary/aromatic N) is 2. The van der Waals surface area contributed by atoms with Gasteiger partial charge in [-0.3, -0.25) is 4.72 Å². The minimum absolute atomic E-state index is 0.0199. The summed E-state index contributed by atoms with van der Waals surface area (Å²) >= 11 is 0. The molecule has 1 aromatic heterocycles. The van der Waals surface area contributed by atoms with Crippen molar-refractivity contribution < 1.29 is 17.9 Å². The van der Waals surface area contributed by atoms with Crippen molar-refractivity contribution >= 4 is 27.6 Å². The molecule has 2 N–H and O–H groups in total. The van der Waals surface area contributed by atoms with Crippen molar-refractivity contribution in [2.24, 2.45) is 0 Å². The highest BCUT2D eigenvalue weighted by Crippen LogP contribution is 2.17. The van der Waals surface area contributed by atoms with Crippen LogP contribution in [0.15, 0.2) is 18.3 Å². The maximum atomic E-state index is 11.7. The molecule has 1 fully saturated rings. The molecule has 1 aromatic rings. The first kappa shape index (κ1) is 18.3. The SMILES string of the molecule is CCOC(=O)N1CCC(Nc2ccc(NS(=O)(=O)CC)cn2)CC1. The third-order valence-corrected chi connectivity index (χ3v) is 5.10. The molecule has 0 unspecified atom stereocenters. The summed E-state index contributed by atoms with van der Waals surface area (Å²) < 4.78 is 30.5. The molecule has 0 aromatic carbocycles. The van der Waals surface area contributed by atoms with E-state index < -0.39 is 10.0 Å². The third-order valence-electron chi connectivity index (χ3n) is 3.79. The van der Waals surface area contributed by atoms with E-state index in [-0.39, 0.29) is 17.9 Å². The van der Waals surface area contributed by atoms with Crippen LogP contribution in [-0.2, 0) is 14.8 Å². The molecule has 0 spiro atoms. The summed E-state index contributed by atoms with van der Waals surface area (Å²) in [7, 11) is -3.29. The molecule has 1 aliphatic rings. The number of anilines is 2. The predicted octanol–water partition coefficient (Wildman–Crippen LogP) is 1.88. The van der Waals surface area contributed by atoms with Crippen molar-refractivity contribution in [2.45, 2.75) is 32.7 Å². The molecule has 1 aliphatic heterocycles. The fourth-order valence-electron chi connectivity index (χ4n) is 2.42. The fraction of sp³-hybridized carbons (Fsp3) is 0.600. The Morgan fingerprint density at radius 1 is 1.33 bits per heavy atom. The molecule has 2 rings (SSSR count). The highest BCUT2D eigenvalue weighted by atomic mass is 32.2. The summed E-state index contributed by atoms with van der Waals surface area (Å²) in [5.74, 6) is 0.704. The van der Waals surface area contributed by atoms with Crippen molar-refractivity contribution in [2.75, 3.05) is 35.5 Å². The van der Waals surface area contributed by atoms with Gasteiger partial charge in [0, 0.05) is 19.1 Å². The van der Waals surface area contributed by atoms with E-state index >= 15 is 0 Å². The smallest absolute Gasteiger partial charge is 0.409 e. The Hall–Kier alpha value is -2.03. The van der Waals surface area contributed by atoms with E-state index in [4.69, 9.17) is 4.74 Å². The number of sulfonamides is 1. The van der Waals surface area contributed by atoms with E-state index in [9.17, 15) is 13.2 Å². The summed E-state index contributed by atoms with van der Waals surface area (Å²) in [5.41, 5.74) is 0.444. The number of aromatic nitrogens is 1. The van der Waals surface area contributed by atoms with E-state index in [2.05, 4.69) is 15.0 Å². The quantitative estimate of drug-likeness (QED) is 0.807. The Kier molecular flexibility index (Phi) is 6.24. The van der Waals surface area contributed by atoms with Gasteiger partial charge in [-0.2, -0.15) is 0 Å². The molecule has 8 nitrogen and oxygen atoms in total. The first-order chi connectivity index (χ1) is 11.4. The topological polar surface area (TPSA) is 101 Å². The second kappa shape index (κ2) is 8.18. The lowest BCUT2D eigenvalue weighted by Crippen LogP contribution is -2.42. The molecule has 1 saturated heterocycles. The van der Waals surface area contributed by atoms with Gasteiger partial charge in [-0.1, -0.05) is 0 Å². The molecule has 0 saturated carbocycles. The number of rotatable bonds is 6. The van der Waals surface area contributed by atoms with Gasteiger partial charge in [-0.25, -0.2) is 18.2 Å². The minimum atomic E-state index is -3.29. The van der Waals surface area contributed by atoms with E-state index in [1.165, 1.54) is 6.20 Å². The minimum Gasteiger partial charge on any atom is -0.450 e. The van der Waals surface area contributed by atoms with Crippen LogP contribution in [0.3, 0.4) is 0 Å². The van der Waals surface area contributed by atoms with Crippen molar-refractivity contribution in [3.63, 3.8) is 0 Å². The summed E-state index contributed by atoms with van der Waals surface area (Å²) in [6.07, 6.45) is 2.85. The zero-order chi connectivity index (χ0) is 17.6. The number of pyridine rings is 1. The van der Waals surface area contributed by atoms with E-state index in [0.717, 1.165) is 12.8 Å². The monoisotopic (exact) mass is 356 g/mol. The average Bonchev–Trinajstić information content (AvgIpc) is 2.57. The van der Waals surface area contributed by atoms with Crippen LogP contribution in [-0.4, -0.2) is 55.9 Å². The Morgan fingerprint density at radius 2 is 2.04 bits per heavy atom. The number of amides is 1. The van der Waals surface area contributed by atoms with Crippen molar-refractivity contribution in [1.29, 1.82) is 0 Å². The zero-order valence-corrected chi connectivity index (χ0v) is 14.8. The van der Waals surface area contributed by atoms with E-state index in [1.807, 2.05) is 0 Å². The first-order valence-electron chi connectivity index (χ1n) is 8.08. The number of ether oxygens (including phenoxy) is 1. The average molecular weight is 356 g/mol. The molecule has 24 heavy (non-hydrogen) atoms. The lowest BCUT2D eigenvalue weighted by Gasteiger charge is -2.31. The lowest BCUT2D eigenvalue weighted by atomic mass is 10.1. The van der Waals surface area contributed by atoms with Gasteiger partial charge in [0.15, 0.2) is 0 Å². The molecule has 1 amide bonds. The number of carbonyl (C=O) groups excluding carboxylic acids is 1. The Balaban J connectivity index is 1.84. The maximum Gasteiger partial charge on any atom is 0.409 e. The second-order valence-corrected chi connectivity index (χ2v) is 7.55. The van der Waals surface area contributed by atoms with Crippen LogP contribution in [0.25, 0.3) is 0 Å². The summed E-state index contributed by atoms with van der Waals surface area (Å²) in [4.78, 5) is 17.6. The van der Waals surface area contributed by atoms with Crippen molar-refractivity contribution in [3.05, 3.63) is 18.3 Å². The normalized spacial score (nSPS) is 15.8. The fourth-order valence-corrected chi connectivity index (χ4v) is 3.05. The highest BCUT2D eigenvalue weighted by Gasteiger charge is 2.23. The Labute approximate surface area is 142 Å². The molecule has 9 heteroatoms. The van der Waals surface area contributed by atoms with Crippen molar-refractivity contribution in [1.82, 2.24) is 9.88 Å². The van der Waals surface area contributed by atoms with Crippen LogP contribution in [0.2, 0.25) is 0 Å². The second-order valence-electron chi connectivity index (χ2n) is 5.54. The van der Waals surface area contributed by atoms with Crippen LogP contribution in [0, 0.1) is 0 Å². The molecule has 0 aliphatic carbocycles. The summed E-state index contributed by atoms with van der Waals surface area (Å²) in [5, 5.41) is 3.31. The van der Waals surface area contributed by atoms with E-state index in [1.54, 1.807) is 30.9 Å². The van der Waals surface area contributed by atoms with Crippen LogP contribution in [0.1, 0.15) is 26.7 Å². The Morgan fingerprint density at radius 3 is 2.58 bits per heavy atom. The zero-order valence-electron chi connectivity index (χ0n) is 14.0. The molecule has 134 valence electrons. The van der Waals surface area contributed by atoms with Crippen LogP contribution in [0.4, 0.5) is 16.3 Å². The molecular formula is C15H24N4O4S. The number of likely N-dealkylation sites (tertiary alicyclic amines) is 1. The molecule has 0 radical (unpaired) electrons. The van der Waals surface area contributed by atoms with E-state index in [0.29, 0.717) is 31.2 Å². The lowest BCUT2D eigenvalue weighted by molar-refractivity contribution is 0.0983. The van der Waals surface area contributed by atoms with Gasteiger partial charge in [0.25, 0.3) is 0 Å².